The second-order valence-corrected chi connectivity index (χ2v) is 4.02. The van der Waals surface area contributed by atoms with Crippen molar-refractivity contribution < 1.29 is 0 Å². The molecule has 0 aromatic heterocycles. The third-order valence-corrected chi connectivity index (χ3v) is 3.07. The van der Waals surface area contributed by atoms with E-state index in [0.717, 1.165) is 12.6 Å². The van der Waals surface area contributed by atoms with E-state index < -0.39 is 0 Å². The summed E-state index contributed by atoms with van der Waals surface area (Å²) in [6.07, 6.45) is 8.13. The summed E-state index contributed by atoms with van der Waals surface area (Å²) >= 11 is 0. The molecule has 10 heavy (non-hydrogen) atoms. The molecule has 50 valence electrons. The normalized spacial score (nSPS) is 34.4. The molecule has 0 nitrogen and oxygen atoms in total. The molecule has 0 saturated carbocycles. The predicted octanol–water partition coefficient (Wildman–Crippen LogP) is 2.31. The molecule has 0 aromatic rings. The molecule has 1 atom stereocenters. The molecule has 1 fully saturated rings. The van der Waals surface area contributed by atoms with Gasteiger partial charge in [-0.05, 0) is 25.1 Å². The topological polar surface area (TPSA) is 0 Å². The zero-order chi connectivity index (χ0) is 6.55. The highest BCUT2D eigenvalue weighted by Gasteiger charge is 2.33. The Kier molecular flexibility index (Phi) is 0.826. The van der Waals surface area contributed by atoms with Crippen LogP contribution in [0.3, 0.4) is 0 Å². The maximum Gasteiger partial charge on any atom is 0.171 e. The maximum atomic E-state index is 2.50. The number of allylic oxidation sites excluding steroid dienone is 3. The minimum absolute atomic E-state index is 0.947. The minimum Gasteiger partial charge on any atom is -0.112 e. The van der Waals surface area contributed by atoms with Crippen LogP contribution in [-0.4, -0.2) is 6.71 Å². The highest BCUT2D eigenvalue weighted by Crippen LogP contribution is 2.43. The Morgan fingerprint density at radius 2 is 2.40 bits per heavy atom. The zero-order valence-electron chi connectivity index (χ0n) is 6.14. The Hall–Kier alpha value is -0.455. The average molecular weight is 130 g/mol. The summed E-state index contributed by atoms with van der Waals surface area (Å²) in [6.45, 7) is 0.947. The lowest BCUT2D eigenvalue weighted by molar-refractivity contribution is 0.531. The molecule has 3 heterocycles. The van der Waals surface area contributed by atoms with Crippen molar-refractivity contribution in [3.05, 3.63) is 23.2 Å². The van der Waals surface area contributed by atoms with Crippen LogP contribution in [0, 0.1) is 5.92 Å². The summed E-state index contributed by atoms with van der Waals surface area (Å²) < 4.78 is 0. The summed E-state index contributed by atoms with van der Waals surface area (Å²) in [4.78, 5) is 0. The largest absolute Gasteiger partial charge is 0.171 e. The Bertz CT molecular complexity index is 237. The van der Waals surface area contributed by atoms with E-state index in [0.29, 0.717) is 0 Å². The van der Waals surface area contributed by atoms with Crippen LogP contribution in [0.4, 0.5) is 0 Å². The van der Waals surface area contributed by atoms with Crippen molar-refractivity contribution >= 4 is 6.71 Å². The van der Waals surface area contributed by atoms with Crippen molar-refractivity contribution in [2.75, 3.05) is 0 Å². The molecule has 1 unspecified atom stereocenters. The van der Waals surface area contributed by atoms with Crippen LogP contribution in [0.25, 0.3) is 0 Å². The van der Waals surface area contributed by atoms with Crippen LogP contribution >= 0.6 is 0 Å². The van der Waals surface area contributed by atoms with Gasteiger partial charge in [0.05, 0.1) is 0 Å². The first-order chi connectivity index (χ1) is 4.90. The third kappa shape index (κ3) is 0.583. The van der Waals surface area contributed by atoms with E-state index in [-0.39, 0.29) is 0 Å². The molecule has 0 aromatic carbocycles. The van der Waals surface area contributed by atoms with E-state index in [9.17, 15) is 0 Å². The van der Waals surface area contributed by atoms with E-state index in [4.69, 9.17) is 0 Å². The highest BCUT2D eigenvalue weighted by molar-refractivity contribution is 6.66. The van der Waals surface area contributed by atoms with Gasteiger partial charge in [-0.25, -0.2) is 0 Å². The van der Waals surface area contributed by atoms with Gasteiger partial charge in [0.2, 0.25) is 0 Å². The smallest absolute Gasteiger partial charge is 0.112 e. The SMILES string of the molecule is C1=C2C=C3CB1CC(C2)C3. The Balaban J connectivity index is 2.15. The van der Waals surface area contributed by atoms with Gasteiger partial charge in [-0.1, -0.05) is 23.5 Å². The standard InChI is InChI=1S/C9H11B/c1-7-2-9-3-8(1)5-10(4-7)6-9/h1,4,9H,2-3,5-6H2. The van der Waals surface area contributed by atoms with Crippen molar-refractivity contribution in [1.82, 2.24) is 0 Å². The maximum absolute atomic E-state index is 2.50. The first kappa shape index (κ1) is 5.23. The molecular formula is C9H11B. The average Bonchev–Trinajstić information content (AvgIpc) is 1.82. The summed E-state index contributed by atoms with van der Waals surface area (Å²) in [7, 11) is 0. The van der Waals surface area contributed by atoms with Crippen LogP contribution in [0.1, 0.15) is 12.8 Å². The van der Waals surface area contributed by atoms with Gasteiger partial charge in [-0.3, -0.25) is 0 Å². The van der Waals surface area contributed by atoms with E-state index in [2.05, 4.69) is 12.1 Å². The van der Waals surface area contributed by atoms with Gasteiger partial charge in [0.25, 0.3) is 0 Å². The Morgan fingerprint density at radius 3 is 3.10 bits per heavy atom. The first-order valence-electron chi connectivity index (χ1n) is 4.30. The fourth-order valence-corrected chi connectivity index (χ4v) is 2.86. The van der Waals surface area contributed by atoms with Gasteiger partial charge in [0, 0.05) is 0 Å². The third-order valence-electron chi connectivity index (χ3n) is 3.07. The monoisotopic (exact) mass is 130 g/mol. The fourth-order valence-electron chi connectivity index (χ4n) is 2.86. The van der Waals surface area contributed by atoms with Crippen molar-refractivity contribution in [3.63, 3.8) is 0 Å². The van der Waals surface area contributed by atoms with Gasteiger partial charge >= 0.3 is 0 Å². The molecule has 4 aliphatic rings. The molecule has 0 radical (unpaired) electrons. The molecular weight excluding hydrogens is 119 g/mol. The van der Waals surface area contributed by atoms with Crippen LogP contribution < -0.4 is 0 Å². The summed E-state index contributed by atoms with van der Waals surface area (Å²) in [5.41, 5.74) is 3.39. The molecule has 1 saturated heterocycles. The van der Waals surface area contributed by atoms with Gasteiger partial charge in [-0.15, -0.1) is 5.98 Å². The van der Waals surface area contributed by atoms with Gasteiger partial charge in [0.1, 0.15) is 0 Å². The summed E-state index contributed by atoms with van der Waals surface area (Å²) in [5, 5.41) is 0. The Morgan fingerprint density at radius 1 is 1.40 bits per heavy atom. The van der Waals surface area contributed by atoms with Crippen LogP contribution in [-0.2, 0) is 0 Å². The van der Waals surface area contributed by atoms with E-state index >= 15 is 0 Å². The van der Waals surface area contributed by atoms with Crippen molar-refractivity contribution in [1.29, 1.82) is 0 Å². The summed E-state index contributed by atoms with van der Waals surface area (Å²) in [5.74, 6) is 3.54. The lowest BCUT2D eigenvalue weighted by Gasteiger charge is -2.37. The van der Waals surface area contributed by atoms with E-state index in [1.165, 1.54) is 25.5 Å². The van der Waals surface area contributed by atoms with Crippen molar-refractivity contribution in [3.8, 4) is 0 Å². The lowest BCUT2D eigenvalue weighted by Crippen LogP contribution is -2.30. The van der Waals surface area contributed by atoms with Crippen molar-refractivity contribution in [2.45, 2.75) is 25.5 Å². The molecule has 4 bridgehead atoms. The van der Waals surface area contributed by atoms with Crippen LogP contribution in [0.15, 0.2) is 23.2 Å². The first-order valence-corrected chi connectivity index (χ1v) is 4.30. The van der Waals surface area contributed by atoms with E-state index in [1.807, 2.05) is 0 Å². The van der Waals surface area contributed by atoms with Crippen LogP contribution in [0.2, 0.25) is 12.6 Å². The van der Waals surface area contributed by atoms with Crippen molar-refractivity contribution in [2.24, 2.45) is 5.92 Å². The second-order valence-electron chi connectivity index (χ2n) is 4.02. The number of hydrogen-bond donors (Lipinski definition) is 0. The number of hydrogen-bond acceptors (Lipinski definition) is 0. The highest BCUT2D eigenvalue weighted by atomic mass is 14.3. The molecule has 1 aliphatic carbocycles. The van der Waals surface area contributed by atoms with Gasteiger partial charge < -0.3 is 0 Å². The lowest BCUT2D eigenvalue weighted by atomic mass is 9.34. The summed E-state index contributed by atoms with van der Waals surface area (Å²) in [6, 6.07) is 0. The fraction of sp³-hybridized carbons (Fsp3) is 0.556. The quantitative estimate of drug-likeness (QED) is 0.441. The molecule has 4 rings (SSSR count). The molecule has 0 amide bonds. The minimum atomic E-state index is 0.947. The molecule has 1 heteroatoms. The van der Waals surface area contributed by atoms with Gasteiger partial charge in [0.15, 0.2) is 6.71 Å². The second kappa shape index (κ2) is 1.58. The van der Waals surface area contributed by atoms with Crippen LogP contribution in [0.5, 0.6) is 0 Å². The number of rotatable bonds is 0. The Labute approximate surface area is 62.1 Å². The molecule has 3 aliphatic heterocycles. The predicted molar refractivity (Wildman–Crippen MR) is 44.3 cm³/mol. The van der Waals surface area contributed by atoms with Gasteiger partial charge in [-0.2, -0.15) is 0 Å². The molecule has 0 N–H and O–H groups in total. The zero-order valence-corrected chi connectivity index (χ0v) is 6.14. The van der Waals surface area contributed by atoms with E-state index in [1.54, 1.807) is 11.1 Å². The molecule has 0 spiro atoms.